The van der Waals surface area contributed by atoms with E-state index in [1.54, 1.807) is 65.5 Å². The first-order valence-corrected chi connectivity index (χ1v) is 16.3. The number of nitrogens with one attached hydrogen (secondary N) is 1. The summed E-state index contributed by atoms with van der Waals surface area (Å²) in [5.74, 6) is -1.83. The molecule has 1 aliphatic rings. The number of rotatable bonds is 6. The van der Waals surface area contributed by atoms with Crippen LogP contribution in [0.3, 0.4) is 0 Å². The second kappa shape index (κ2) is 15.5. The van der Waals surface area contributed by atoms with Crippen LogP contribution in [0.25, 0.3) is 21.7 Å². The van der Waals surface area contributed by atoms with Crippen molar-refractivity contribution >= 4 is 57.2 Å². The van der Waals surface area contributed by atoms with Crippen LogP contribution in [0.4, 0.5) is 21.1 Å². The topological polar surface area (TPSA) is 158 Å². The van der Waals surface area contributed by atoms with Gasteiger partial charge in [0.05, 0.1) is 29.5 Å². The molecule has 1 aromatic carbocycles. The van der Waals surface area contributed by atoms with E-state index in [0.29, 0.717) is 23.6 Å². The van der Waals surface area contributed by atoms with Gasteiger partial charge in [-0.1, -0.05) is 24.3 Å². The summed E-state index contributed by atoms with van der Waals surface area (Å²) in [5.41, 5.74) is -0.963. The fourth-order valence-corrected chi connectivity index (χ4v) is 5.36. The average Bonchev–Trinajstić information content (AvgIpc) is 3.49. The van der Waals surface area contributed by atoms with Crippen molar-refractivity contribution in [1.29, 1.82) is 0 Å². The second-order valence-corrected chi connectivity index (χ2v) is 13.7. The predicted molar refractivity (Wildman–Crippen MR) is 183 cm³/mol. The number of anilines is 2. The SMILES string of the molecule is CCN(Cc1nccc2ccccc12)C(=O)C(=O)Nc1cnc(N(C(=O)OC(C)(C)C)C(=O)OC(C)(C)C)c2cn(C3CCCCO3)nc12.[Cu]. The molecule has 1 fully saturated rings. The predicted octanol–water partition coefficient (Wildman–Crippen LogP) is 6.34. The molecular weight excluding hydrogens is 694 g/mol. The average molecular weight is 737 g/mol. The largest absolute Gasteiger partial charge is 0.443 e. The molecule has 0 spiro atoms. The van der Waals surface area contributed by atoms with Crippen LogP contribution in [0.2, 0.25) is 0 Å². The first-order chi connectivity index (χ1) is 23.1. The molecule has 1 saturated heterocycles. The number of benzene rings is 1. The number of hydrogen-bond donors (Lipinski definition) is 1. The Hall–Kier alpha value is -4.59. The summed E-state index contributed by atoms with van der Waals surface area (Å²) in [5, 5.41) is 9.44. The van der Waals surface area contributed by atoms with Gasteiger partial charge in [0.15, 0.2) is 5.82 Å². The number of nitrogens with zero attached hydrogens (tertiary/aromatic N) is 6. The number of aromatic nitrogens is 4. The van der Waals surface area contributed by atoms with Crippen LogP contribution < -0.4 is 10.2 Å². The van der Waals surface area contributed by atoms with Crippen molar-refractivity contribution in [1.82, 2.24) is 24.6 Å². The monoisotopic (exact) mass is 736 g/mol. The van der Waals surface area contributed by atoms with Gasteiger partial charge in [-0.2, -0.15) is 10.00 Å². The number of imide groups is 1. The van der Waals surface area contributed by atoms with Crippen molar-refractivity contribution in [2.75, 3.05) is 23.4 Å². The zero-order valence-corrected chi connectivity index (χ0v) is 30.2. The number of hydrogen-bond acceptors (Lipinski definition) is 10. The molecule has 0 bridgehead atoms. The maximum absolute atomic E-state index is 13.5. The van der Waals surface area contributed by atoms with Crippen molar-refractivity contribution in [2.24, 2.45) is 0 Å². The summed E-state index contributed by atoms with van der Waals surface area (Å²) >= 11 is 0. The van der Waals surface area contributed by atoms with Gasteiger partial charge in [0.2, 0.25) is 0 Å². The fourth-order valence-electron chi connectivity index (χ4n) is 5.36. The van der Waals surface area contributed by atoms with Crippen LogP contribution in [0.5, 0.6) is 0 Å². The number of carbonyl (C=O) groups is 4. The summed E-state index contributed by atoms with van der Waals surface area (Å²) in [6, 6.07) is 9.58. The van der Waals surface area contributed by atoms with Crippen molar-refractivity contribution in [3.05, 3.63) is 54.6 Å². The molecule has 0 saturated carbocycles. The molecular formula is C35H43CuN7O7. The molecule has 1 N–H and O–H groups in total. The van der Waals surface area contributed by atoms with Crippen LogP contribution >= 0.6 is 0 Å². The van der Waals surface area contributed by atoms with E-state index < -0.39 is 41.4 Å². The van der Waals surface area contributed by atoms with Gasteiger partial charge in [-0.3, -0.25) is 14.6 Å². The first kappa shape index (κ1) is 38.2. The molecule has 5 rings (SSSR count). The Morgan fingerprint density at radius 3 is 2.26 bits per heavy atom. The summed E-state index contributed by atoms with van der Waals surface area (Å²) < 4.78 is 18.7. The Kier molecular flexibility index (Phi) is 11.9. The smallest absolute Gasteiger partial charge is 0.425 e. The number of fused-ring (bicyclic) bond motifs is 2. The van der Waals surface area contributed by atoms with E-state index in [2.05, 4.69) is 15.3 Å². The molecule has 1 aliphatic heterocycles. The molecule has 1 unspecified atom stereocenters. The van der Waals surface area contributed by atoms with E-state index in [0.717, 1.165) is 23.6 Å². The minimum atomic E-state index is -1.01. The fraction of sp³-hybridized carbons (Fsp3) is 0.457. The standard InChI is InChI=1S/C35H43N7O7.Cu/c1-8-40(21-26-23-14-10-9-13-22(23)16-17-36-26)31(44)30(43)38-25-19-37-29(24-20-41(39-28(24)25)27-15-11-12-18-47-27)42(32(45)48-34(2,3)4)33(46)49-35(5,6)7;/h9-10,13-14,16-17,19-20,27H,8,11-12,15,18,21H2,1-7H3,(H,38,43);. The van der Waals surface area contributed by atoms with Crippen molar-refractivity contribution in [2.45, 2.75) is 91.7 Å². The Morgan fingerprint density at radius 2 is 1.64 bits per heavy atom. The van der Waals surface area contributed by atoms with Crippen LogP contribution in [-0.2, 0) is 47.4 Å². The zero-order chi connectivity index (χ0) is 35.5. The van der Waals surface area contributed by atoms with Crippen molar-refractivity contribution in [3.8, 4) is 0 Å². The van der Waals surface area contributed by atoms with Gasteiger partial charge in [-0.25, -0.2) is 19.3 Å². The molecule has 14 nitrogen and oxygen atoms in total. The van der Waals surface area contributed by atoms with Gasteiger partial charge in [0.1, 0.15) is 22.9 Å². The minimum Gasteiger partial charge on any atom is -0.443 e. The van der Waals surface area contributed by atoms with Gasteiger partial charge >= 0.3 is 24.0 Å². The van der Waals surface area contributed by atoms with Gasteiger partial charge in [-0.15, -0.1) is 0 Å². The van der Waals surface area contributed by atoms with E-state index in [9.17, 15) is 19.2 Å². The Bertz CT molecular complexity index is 1840. The van der Waals surface area contributed by atoms with Crippen LogP contribution in [-0.4, -0.2) is 73.0 Å². The third-order valence-corrected chi connectivity index (χ3v) is 7.57. The Balaban J connectivity index is 0.00000562. The molecule has 1 radical (unpaired) electrons. The van der Waals surface area contributed by atoms with Gasteiger partial charge in [-0.05, 0) is 79.2 Å². The zero-order valence-electron chi connectivity index (χ0n) is 29.3. The van der Waals surface area contributed by atoms with Crippen molar-refractivity contribution in [3.63, 3.8) is 0 Å². The summed E-state index contributed by atoms with van der Waals surface area (Å²) in [4.78, 5) is 65.0. The Morgan fingerprint density at radius 1 is 0.960 bits per heavy atom. The van der Waals surface area contributed by atoms with E-state index in [1.807, 2.05) is 30.3 Å². The minimum absolute atomic E-state index is 0. The first-order valence-electron chi connectivity index (χ1n) is 16.3. The number of amides is 4. The van der Waals surface area contributed by atoms with Crippen LogP contribution in [0, 0.1) is 0 Å². The van der Waals surface area contributed by atoms with Crippen LogP contribution in [0.15, 0.2) is 48.9 Å². The normalized spacial score (nSPS) is 14.8. The molecule has 4 heterocycles. The summed E-state index contributed by atoms with van der Waals surface area (Å²) in [6.07, 6.45) is 4.54. The number of carbonyl (C=O) groups excluding carboxylic acids is 4. The molecule has 0 aliphatic carbocycles. The van der Waals surface area contributed by atoms with Crippen LogP contribution in [0.1, 0.15) is 79.7 Å². The second-order valence-electron chi connectivity index (χ2n) is 13.7. The molecule has 4 amide bonds. The molecule has 15 heteroatoms. The molecule has 3 aromatic heterocycles. The van der Waals surface area contributed by atoms with E-state index >= 15 is 0 Å². The number of likely N-dealkylation sites (N-methyl/N-ethyl adjacent to an activating group) is 1. The van der Waals surface area contributed by atoms with Gasteiger partial charge < -0.3 is 24.4 Å². The number of ether oxygens (including phenoxy) is 3. The van der Waals surface area contributed by atoms with Gasteiger partial charge in [0, 0.05) is 48.0 Å². The Labute approximate surface area is 301 Å². The molecule has 1 atom stereocenters. The quantitative estimate of drug-likeness (QED) is 0.175. The summed E-state index contributed by atoms with van der Waals surface area (Å²) in [6.45, 7) is 12.7. The van der Waals surface area contributed by atoms with Crippen molar-refractivity contribution < 1.29 is 50.5 Å². The van der Waals surface area contributed by atoms with E-state index in [-0.39, 0.29) is 52.6 Å². The third-order valence-electron chi connectivity index (χ3n) is 7.57. The number of pyridine rings is 2. The van der Waals surface area contributed by atoms with E-state index in [1.165, 1.54) is 11.1 Å². The maximum Gasteiger partial charge on any atom is 0.425 e. The van der Waals surface area contributed by atoms with E-state index in [4.69, 9.17) is 19.3 Å². The summed E-state index contributed by atoms with van der Waals surface area (Å²) in [7, 11) is 0. The molecule has 271 valence electrons. The molecule has 50 heavy (non-hydrogen) atoms. The maximum atomic E-state index is 13.5. The molecule has 4 aromatic rings. The van der Waals surface area contributed by atoms with Gasteiger partial charge in [0.25, 0.3) is 0 Å². The third kappa shape index (κ3) is 8.95.